The molecule has 0 spiro atoms. The number of rotatable bonds is 15. The monoisotopic (exact) mass is 590 g/mol. The van der Waals surface area contributed by atoms with Gasteiger partial charge in [-0.25, -0.2) is 4.79 Å². The van der Waals surface area contributed by atoms with Crippen LogP contribution in [0.4, 0.5) is 17.1 Å². The van der Waals surface area contributed by atoms with Gasteiger partial charge in [0.15, 0.2) is 17.2 Å². The minimum Gasteiger partial charge on any atom is -0.495 e. The highest BCUT2D eigenvalue weighted by Crippen LogP contribution is 2.29. The average Bonchev–Trinajstić information content (AvgIpc) is 2.99. The van der Waals surface area contributed by atoms with Gasteiger partial charge in [0.25, 0.3) is 11.6 Å². The zero-order valence-electron chi connectivity index (χ0n) is 24.6. The molecule has 0 heterocycles. The lowest BCUT2D eigenvalue weighted by Gasteiger charge is -2.13. The predicted octanol–water partition coefficient (Wildman–Crippen LogP) is 5.65. The van der Waals surface area contributed by atoms with E-state index in [0.29, 0.717) is 5.57 Å². The fourth-order valence-corrected chi connectivity index (χ4v) is 3.79. The number of benzene rings is 2. The number of hydrazone groups is 1. The topological polar surface area (TPSA) is 158 Å². The molecule has 2 N–H and O–H groups in total. The number of nitrogens with zero attached hydrogens (tertiary/aromatic N) is 2. The van der Waals surface area contributed by atoms with E-state index in [2.05, 4.69) is 29.0 Å². The molecule has 1 amide bonds. The van der Waals surface area contributed by atoms with Crippen LogP contribution in [0.2, 0.25) is 0 Å². The number of ketones is 1. The van der Waals surface area contributed by atoms with Crippen molar-refractivity contribution in [3.05, 3.63) is 101 Å². The fourth-order valence-electron chi connectivity index (χ4n) is 3.79. The summed E-state index contributed by atoms with van der Waals surface area (Å²) in [5.74, 6) is -1.90. The van der Waals surface area contributed by atoms with Gasteiger partial charge in [0.05, 0.1) is 42.1 Å². The standard InChI is InChI=1S/C31H34N4O8/c1-8-21(15-19(4)22(9-2)10-3)18-43-31(38)23-11-13-25(27(16-23)41-6)32-30(37)29(20(5)36)34-33-26-14-12-24(35(39)40)17-28(26)42-7/h8-17,19,33H,1-2,18H2,3-7H3,(H,32,37)/b21-15+,22-10+,34-29+. The number of ether oxygens (including phenoxy) is 3. The molecule has 43 heavy (non-hydrogen) atoms. The molecule has 2 aromatic rings. The largest absolute Gasteiger partial charge is 0.495 e. The highest BCUT2D eigenvalue weighted by molar-refractivity contribution is 6.67. The van der Waals surface area contributed by atoms with Crippen molar-refractivity contribution in [3.63, 3.8) is 0 Å². The van der Waals surface area contributed by atoms with E-state index in [1.807, 2.05) is 26.0 Å². The Morgan fingerprint density at radius 2 is 1.70 bits per heavy atom. The Kier molecular flexibility index (Phi) is 12.6. The van der Waals surface area contributed by atoms with Crippen LogP contribution in [-0.4, -0.2) is 49.1 Å². The first-order valence-electron chi connectivity index (χ1n) is 12.9. The van der Waals surface area contributed by atoms with Crippen molar-refractivity contribution in [2.24, 2.45) is 11.0 Å². The summed E-state index contributed by atoms with van der Waals surface area (Å²) in [7, 11) is 2.65. The lowest BCUT2D eigenvalue weighted by atomic mass is 9.98. The quantitative estimate of drug-likeness (QED) is 0.0668. The molecule has 2 rings (SSSR count). The number of carbonyl (C=O) groups is 3. The summed E-state index contributed by atoms with van der Waals surface area (Å²) in [6, 6.07) is 7.94. The molecule has 1 unspecified atom stereocenters. The van der Waals surface area contributed by atoms with Gasteiger partial charge in [-0.2, -0.15) is 5.10 Å². The molecule has 1 atom stereocenters. The molecule has 0 radical (unpaired) electrons. The van der Waals surface area contributed by atoms with E-state index >= 15 is 0 Å². The van der Waals surface area contributed by atoms with Crippen molar-refractivity contribution in [1.82, 2.24) is 0 Å². The Morgan fingerprint density at radius 3 is 2.26 bits per heavy atom. The molecule has 0 bridgehead atoms. The first kappa shape index (κ1) is 33.7. The zero-order valence-corrected chi connectivity index (χ0v) is 24.6. The number of nitro groups is 1. The van der Waals surface area contributed by atoms with Crippen LogP contribution in [0.3, 0.4) is 0 Å². The van der Waals surface area contributed by atoms with Gasteiger partial charge in [-0.1, -0.05) is 44.4 Å². The third-order valence-corrected chi connectivity index (χ3v) is 6.11. The summed E-state index contributed by atoms with van der Waals surface area (Å²) < 4.78 is 15.9. The molecule has 0 saturated heterocycles. The summed E-state index contributed by atoms with van der Waals surface area (Å²) in [5, 5.41) is 17.4. The van der Waals surface area contributed by atoms with E-state index in [1.165, 1.54) is 50.6 Å². The Labute approximate surface area is 249 Å². The molecule has 2 aromatic carbocycles. The summed E-state index contributed by atoms with van der Waals surface area (Å²) >= 11 is 0. The lowest BCUT2D eigenvalue weighted by Crippen LogP contribution is -2.29. The molecule has 226 valence electrons. The number of carbonyl (C=O) groups excluding carboxylic acids is 3. The lowest BCUT2D eigenvalue weighted by molar-refractivity contribution is -0.384. The molecule has 0 saturated carbocycles. The zero-order chi connectivity index (χ0) is 32.1. The third kappa shape index (κ3) is 9.25. The van der Waals surface area contributed by atoms with Gasteiger partial charge in [0, 0.05) is 13.0 Å². The third-order valence-electron chi connectivity index (χ3n) is 6.11. The number of hydrogen-bond acceptors (Lipinski definition) is 10. The maximum Gasteiger partial charge on any atom is 0.338 e. The number of amides is 1. The van der Waals surface area contributed by atoms with Gasteiger partial charge in [-0.15, -0.1) is 0 Å². The van der Waals surface area contributed by atoms with Crippen LogP contribution in [0.1, 0.15) is 31.1 Å². The number of anilines is 2. The minimum absolute atomic E-state index is 0.00735. The molecular formula is C31H34N4O8. The Balaban J connectivity index is 2.20. The van der Waals surface area contributed by atoms with E-state index in [-0.39, 0.29) is 46.6 Å². The van der Waals surface area contributed by atoms with E-state index in [9.17, 15) is 24.5 Å². The SMILES string of the molecule is C=C/C(=C\C(C)/C(C=C)=C/C)COC(=O)c1ccc(NC(=O)/C(=N/Nc2ccc([N+](=O)[O-])cc2OC)C(C)=O)c(OC)c1. The molecule has 0 aliphatic heterocycles. The van der Waals surface area contributed by atoms with Gasteiger partial charge in [0.1, 0.15) is 12.4 Å². The van der Waals surface area contributed by atoms with Gasteiger partial charge >= 0.3 is 5.97 Å². The molecule has 12 heteroatoms. The first-order valence-corrected chi connectivity index (χ1v) is 12.9. The molecular weight excluding hydrogens is 556 g/mol. The van der Waals surface area contributed by atoms with E-state index < -0.39 is 28.3 Å². The van der Waals surface area contributed by atoms with E-state index in [1.54, 1.807) is 12.2 Å². The van der Waals surface area contributed by atoms with Crippen LogP contribution < -0.4 is 20.2 Å². The second-order valence-electron chi connectivity index (χ2n) is 8.94. The van der Waals surface area contributed by atoms with Gasteiger partial charge in [-0.3, -0.25) is 25.1 Å². The predicted molar refractivity (Wildman–Crippen MR) is 165 cm³/mol. The molecule has 0 aliphatic rings. The molecule has 0 fully saturated rings. The average molecular weight is 591 g/mol. The van der Waals surface area contributed by atoms with Crippen LogP contribution >= 0.6 is 0 Å². The Hall–Kier alpha value is -5.52. The van der Waals surface area contributed by atoms with Gasteiger partial charge in [-0.05, 0) is 48.3 Å². The molecule has 0 aromatic heterocycles. The molecule has 0 aliphatic carbocycles. The second-order valence-corrected chi connectivity index (χ2v) is 8.94. The van der Waals surface area contributed by atoms with Crippen LogP contribution in [0, 0.1) is 16.0 Å². The van der Waals surface area contributed by atoms with Crippen molar-refractivity contribution in [2.75, 3.05) is 31.6 Å². The van der Waals surface area contributed by atoms with Crippen LogP contribution in [0.15, 0.2) is 90.1 Å². The second kappa shape index (κ2) is 16.1. The summed E-state index contributed by atoms with van der Waals surface area (Å²) in [6.07, 6.45) is 7.25. The number of non-ortho nitro benzene ring substituents is 1. The van der Waals surface area contributed by atoms with Crippen LogP contribution in [0.5, 0.6) is 11.5 Å². The normalized spacial score (nSPS) is 12.4. The maximum atomic E-state index is 13.0. The number of allylic oxidation sites excluding steroid dienone is 4. The highest BCUT2D eigenvalue weighted by Gasteiger charge is 2.21. The summed E-state index contributed by atoms with van der Waals surface area (Å²) in [6.45, 7) is 12.6. The maximum absolute atomic E-state index is 13.0. The van der Waals surface area contributed by atoms with Crippen LogP contribution in [-0.2, 0) is 14.3 Å². The van der Waals surface area contributed by atoms with Gasteiger partial charge in [0.2, 0.25) is 0 Å². The fraction of sp³-hybridized carbons (Fsp3) is 0.226. The van der Waals surface area contributed by atoms with E-state index in [0.717, 1.165) is 12.5 Å². The molecule has 12 nitrogen and oxygen atoms in total. The van der Waals surface area contributed by atoms with Crippen molar-refractivity contribution in [1.29, 1.82) is 0 Å². The summed E-state index contributed by atoms with van der Waals surface area (Å²) in [5.41, 5.74) is 4.07. The van der Waals surface area contributed by atoms with Crippen molar-refractivity contribution in [2.45, 2.75) is 20.8 Å². The smallest absolute Gasteiger partial charge is 0.338 e. The van der Waals surface area contributed by atoms with Crippen molar-refractivity contribution in [3.8, 4) is 11.5 Å². The highest BCUT2D eigenvalue weighted by atomic mass is 16.6. The number of methoxy groups -OCH3 is 2. The van der Waals surface area contributed by atoms with Crippen molar-refractivity contribution < 1.29 is 33.5 Å². The Bertz CT molecular complexity index is 1510. The van der Waals surface area contributed by atoms with Crippen LogP contribution in [0.25, 0.3) is 0 Å². The van der Waals surface area contributed by atoms with Gasteiger partial charge < -0.3 is 19.5 Å². The number of hydrogen-bond donors (Lipinski definition) is 2. The summed E-state index contributed by atoms with van der Waals surface area (Å²) in [4.78, 5) is 48.3. The van der Waals surface area contributed by atoms with Crippen molar-refractivity contribution >= 4 is 40.4 Å². The Morgan fingerprint density at radius 1 is 1.05 bits per heavy atom. The number of nitro benzene ring substituents is 1. The minimum atomic E-state index is -0.871. The first-order chi connectivity index (χ1) is 20.5. The number of nitrogens with one attached hydrogen (secondary N) is 2. The number of Topliss-reactive ketones (excluding diaryl/α,β-unsaturated/α-hetero) is 1. The number of esters is 1. The van der Waals surface area contributed by atoms with E-state index in [4.69, 9.17) is 14.2 Å².